The van der Waals surface area contributed by atoms with Crippen molar-refractivity contribution in [3.05, 3.63) is 30.1 Å². The summed E-state index contributed by atoms with van der Waals surface area (Å²) in [5.74, 6) is 1.81. The summed E-state index contributed by atoms with van der Waals surface area (Å²) in [5.41, 5.74) is 2.28. The summed E-state index contributed by atoms with van der Waals surface area (Å²) in [6.45, 7) is 10.9. The molecule has 2 aromatic rings. The second kappa shape index (κ2) is 8.34. The van der Waals surface area contributed by atoms with Crippen LogP contribution in [0, 0.1) is 12.3 Å². The molecule has 0 fully saturated rings. The molecule has 0 saturated carbocycles. The van der Waals surface area contributed by atoms with E-state index < -0.39 is 0 Å². The van der Waals surface area contributed by atoms with Gasteiger partial charge in [0, 0.05) is 33.8 Å². The fourth-order valence-corrected chi connectivity index (χ4v) is 2.92. The summed E-state index contributed by atoms with van der Waals surface area (Å²) < 4.78 is 7.80. The van der Waals surface area contributed by atoms with Gasteiger partial charge in [0.05, 0.1) is 17.1 Å². The van der Waals surface area contributed by atoms with E-state index in [4.69, 9.17) is 4.74 Å². The maximum absolute atomic E-state index is 5.58. The smallest absolute Gasteiger partial charge is 0.191 e. The Bertz CT molecular complexity index is 714. The van der Waals surface area contributed by atoms with Gasteiger partial charge in [-0.05, 0) is 24.5 Å². The minimum Gasteiger partial charge on any atom is -0.379 e. The molecule has 0 aliphatic carbocycles. The van der Waals surface area contributed by atoms with Crippen LogP contribution in [0.1, 0.15) is 26.6 Å². The molecule has 6 heteroatoms. The van der Waals surface area contributed by atoms with Crippen molar-refractivity contribution in [3.8, 4) is 0 Å². The molecule has 6 nitrogen and oxygen atoms in total. The zero-order valence-corrected chi connectivity index (χ0v) is 16.3. The first-order valence-electron chi connectivity index (χ1n) is 8.76. The van der Waals surface area contributed by atoms with Gasteiger partial charge in [0.15, 0.2) is 5.96 Å². The molecule has 138 valence electrons. The molecular formula is C19H31N5O. The molecular weight excluding hydrogens is 314 g/mol. The molecule has 0 amide bonds. The van der Waals surface area contributed by atoms with E-state index in [0.717, 1.165) is 35.9 Å². The predicted octanol–water partition coefficient (Wildman–Crippen LogP) is 2.57. The van der Waals surface area contributed by atoms with Gasteiger partial charge in [0.1, 0.15) is 5.82 Å². The van der Waals surface area contributed by atoms with E-state index in [0.29, 0.717) is 6.54 Å². The number of ether oxygens (including phenoxy) is 1. The first-order valence-corrected chi connectivity index (χ1v) is 8.76. The van der Waals surface area contributed by atoms with Gasteiger partial charge in [-0.1, -0.05) is 32.9 Å². The molecule has 25 heavy (non-hydrogen) atoms. The Balaban J connectivity index is 1.90. The molecule has 1 aromatic heterocycles. The lowest BCUT2D eigenvalue weighted by molar-refractivity contribution is 0.0205. The molecule has 0 spiro atoms. The van der Waals surface area contributed by atoms with Crippen molar-refractivity contribution >= 4 is 17.0 Å². The summed E-state index contributed by atoms with van der Waals surface area (Å²) >= 11 is 0. The first kappa shape index (κ1) is 19.2. The molecule has 1 aromatic carbocycles. The van der Waals surface area contributed by atoms with Gasteiger partial charge in [-0.3, -0.25) is 4.99 Å². The molecule has 2 rings (SSSR count). The normalized spacial score (nSPS) is 13.9. The highest BCUT2D eigenvalue weighted by Gasteiger charge is 2.24. The number of aromatic nitrogens is 2. The highest BCUT2D eigenvalue weighted by Crippen LogP contribution is 2.20. The zero-order chi connectivity index (χ0) is 18.4. The number of guanidine groups is 1. The second-order valence-electron chi connectivity index (χ2n) is 7.27. The average molecular weight is 345 g/mol. The number of rotatable bonds is 6. The first-order chi connectivity index (χ1) is 11.9. The Morgan fingerprint density at radius 1 is 1.28 bits per heavy atom. The molecule has 0 radical (unpaired) electrons. The average Bonchev–Trinajstić information content (AvgIpc) is 2.88. The number of hydrogen-bond acceptors (Lipinski definition) is 3. The van der Waals surface area contributed by atoms with Gasteiger partial charge in [0.2, 0.25) is 0 Å². The number of benzene rings is 1. The lowest BCUT2D eigenvalue weighted by Gasteiger charge is -2.30. The SMILES string of the molecule is CN=C(NCCn1c(C)nc2ccccc21)NCC(OC)C(C)(C)C. The molecule has 0 saturated heterocycles. The van der Waals surface area contributed by atoms with Gasteiger partial charge in [-0.2, -0.15) is 0 Å². The number of fused-ring (bicyclic) bond motifs is 1. The van der Waals surface area contributed by atoms with E-state index in [1.165, 1.54) is 0 Å². The number of imidazole rings is 1. The van der Waals surface area contributed by atoms with Crippen LogP contribution in [-0.2, 0) is 11.3 Å². The summed E-state index contributed by atoms with van der Waals surface area (Å²) in [5, 5.41) is 6.71. The maximum Gasteiger partial charge on any atom is 0.191 e. The number of nitrogens with one attached hydrogen (secondary N) is 2. The van der Waals surface area contributed by atoms with Crippen molar-refractivity contribution in [2.24, 2.45) is 10.4 Å². The number of hydrogen-bond donors (Lipinski definition) is 2. The van der Waals surface area contributed by atoms with Crippen LogP contribution in [0.15, 0.2) is 29.3 Å². The highest BCUT2D eigenvalue weighted by atomic mass is 16.5. The standard InChI is InChI=1S/C19H31N5O/c1-14-23-15-9-7-8-10-16(15)24(14)12-11-21-18(20-5)22-13-17(25-6)19(2,3)4/h7-10,17H,11-13H2,1-6H3,(H2,20,21,22). The Morgan fingerprint density at radius 2 is 2.00 bits per heavy atom. The minimum absolute atomic E-state index is 0.0768. The number of nitrogens with zero attached hydrogens (tertiary/aromatic N) is 3. The van der Waals surface area contributed by atoms with Crippen LogP contribution in [0.3, 0.4) is 0 Å². The summed E-state index contributed by atoms with van der Waals surface area (Å²) in [6.07, 6.45) is 0.117. The van der Waals surface area contributed by atoms with Crippen molar-refractivity contribution in [2.75, 3.05) is 27.2 Å². The van der Waals surface area contributed by atoms with Gasteiger partial charge >= 0.3 is 0 Å². The van der Waals surface area contributed by atoms with Crippen molar-refractivity contribution in [3.63, 3.8) is 0 Å². The van der Waals surface area contributed by atoms with E-state index in [1.807, 2.05) is 25.1 Å². The van der Waals surface area contributed by atoms with Crippen LogP contribution in [0.4, 0.5) is 0 Å². The Morgan fingerprint density at radius 3 is 2.64 bits per heavy atom. The number of aliphatic imine (C=N–C) groups is 1. The van der Waals surface area contributed by atoms with E-state index in [1.54, 1.807) is 14.2 Å². The van der Waals surface area contributed by atoms with E-state index >= 15 is 0 Å². The van der Waals surface area contributed by atoms with Crippen molar-refractivity contribution in [1.82, 2.24) is 20.2 Å². The van der Waals surface area contributed by atoms with Crippen LogP contribution in [0.25, 0.3) is 11.0 Å². The lowest BCUT2D eigenvalue weighted by atomic mass is 9.89. The molecule has 0 aliphatic rings. The minimum atomic E-state index is 0.0768. The topological polar surface area (TPSA) is 63.5 Å². The van der Waals surface area contributed by atoms with Gasteiger partial charge in [0.25, 0.3) is 0 Å². The Kier molecular flexibility index (Phi) is 6.42. The van der Waals surface area contributed by atoms with Crippen LogP contribution >= 0.6 is 0 Å². The fourth-order valence-electron chi connectivity index (χ4n) is 2.92. The van der Waals surface area contributed by atoms with Crippen molar-refractivity contribution in [1.29, 1.82) is 0 Å². The molecule has 1 heterocycles. The second-order valence-corrected chi connectivity index (χ2v) is 7.27. The number of methoxy groups -OCH3 is 1. The third kappa shape index (κ3) is 4.95. The van der Waals surface area contributed by atoms with Crippen LogP contribution in [0.2, 0.25) is 0 Å². The fraction of sp³-hybridized carbons (Fsp3) is 0.579. The van der Waals surface area contributed by atoms with E-state index in [2.05, 4.69) is 52.0 Å². The molecule has 0 bridgehead atoms. The zero-order valence-electron chi connectivity index (χ0n) is 16.3. The van der Waals surface area contributed by atoms with Gasteiger partial charge in [-0.15, -0.1) is 0 Å². The third-order valence-corrected chi connectivity index (χ3v) is 4.40. The Hall–Kier alpha value is -2.08. The summed E-state index contributed by atoms with van der Waals surface area (Å²) in [6, 6.07) is 8.22. The Labute approximate surface area is 150 Å². The van der Waals surface area contributed by atoms with E-state index in [-0.39, 0.29) is 11.5 Å². The number of aryl methyl sites for hydroxylation is 1. The lowest BCUT2D eigenvalue weighted by Crippen LogP contribution is -2.45. The van der Waals surface area contributed by atoms with Crippen LogP contribution in [-0.4, -0.2) is 48.9 Å². The summed E-state index contributed by atoms with van der Waals surface area (Å²) in [4.78, 5) is 8.90. The van der Waals surface area contributed by atoms with Crippen LogP contribution < -0.4 is 10.6 Å². The number of para-hydroxylation sites is 2. The highest BCUT2D eigenvalue weighted by molar-refractivity contribution is 5.79. The molecule has 1 unspecified atom stereocenters. The molecule has 0 aliphatic heterocycles. The van der Waals surface area contributed by atoms with Crippen molar-refractivity contribution in [2.45, 2.75) is 40.3 Å². The quantitative estimate of drug-likeness (QED) is 0.624. The molecule has 2 N–H and O–H groups in total. The maximum atomic E-state index is 5.58. The largest absolute Gasteiger partial charge is 0.379 e. The molecule has 1 atom stereocenters. The third-order valence-electron chi connectivity index (χ3n) is 4.40. The summed E-state index contributed by atoms with van der Waals surface area (Å²) in [7, 11) is 3.53. The van der Waals surface area contributed by atoms with Gasteiger partial charge in [-0.25, -0.2) is 4.98 Å². The van der Waals surface area contributed by atoms with E-state index in [9.17, 15) is 0 Å². The predicted molar refractivity (Wildman–Crippen MR) is 104 cm³/mol. The van der Waals surface area contributed by atoms with Crippen LogP contribution in [0.5, 0.6) is 0 Å². The van der Waals surface area contributed by atoms with Gasteiger partial charge < -0.3 is 19.9 Å². The van der Waals surface area contributed by atoms with Crippen molar-refractivity contribution < 1.29 is 4.74 Å². The monoisotopic (exact) mass is 345 g/mol.